The molecule has 0 saturated heterocycles. The van der Waals surface area contributed by atoms with E-state index in [-0.39, 0.29) is 0 Å². The van der Waals surface area contributed by atoms with Crippen molar-refractivity contribution in [3.63, 3.8) is 0 Å². The molecule has 0 aliphatic carbocycles. The summed E-state index contributed by atoms with van der Waals surface area (Å²) in [6.07, 6.45) is 5.21. The molecule has 0 aliphatic rings. The normalized spacial score (nSPS) is 11.2. The summed E-state index contributed by atoms with van der Waals surface area (Å²) in [5.74, 6) is 0.758. The number of imidazole rings is 1. The van der Waals surface area contributed by atoms with Gasteiger partial charge in [0.2, 0.25) is 5.13 Å². The minimum Gasteiger partial charge on any atom is -0.333 e. The van der Waals surface area contributed by atoms with Crippen LogP contribution in [0.5, 0.6) is 0 Å². The molecule has 2 heterocycles. The number of hydrazone groups is 1. The maximum absolute atomic E-state index is 6.02. The van der Waals surface area contributed by atoms with Crippen molar-refractivity contribution in [1.82, 2.24) is 14.5 Å². The Hall–Kier alpha value is -1.89. The van der Waals surface area contributed by atoms with Crippen molar-refractivity contribution in [3.8, 4) is 11.3 Å². The molecule has 0 radical (unpaired) electrons. The van der Waals surface area contributed by atoms with E-state index in [0.29, 0.717) is 15.2 Å². The minimum atomic E-state index is 0.509. The van der Waals surface area contributed by atoms with Gasteiger partial charge in [0.25, 0.3) is 0 Å². The molecule has 1 N–H and O–H groups in total. The number of benzene rings is 1. The lowest BCUT2D eigenvalue weighted by molar-refractivity contribution is 0.901. The molecule has 0 unspecified atom stereocenters. The zero-order valence-corrected chi connectivity index (χ0v) is 13.8. The maximum Gasteiger partial charge on any atom is 0.203 e. The number of anilines is 1. The molecule has 0 atom stereocenters. The van der Waals surface area contributed by atoms with Gasteiger partial charge in [-0.3, -0.25) is 5.43 Å². The van der Waals surface area contributed by atoms with E-state index < -0.39 is 0 Å². The van der Waals surface area contributed by atoms with Crippen LogP contribution in [0.2, 0.25) is 10.0 Å². The first kappa shape index (κ1) is 15.0. The molecule has 0 saturated carbocycles. The highest BCUT2D eigenvalue weighted by Gasteiger charge is 2.06. The Balaban J connectivity index is 1.72. The molecule has 3 rings (SSSR count). The molecule has 0 aliphatic heterocycles. The van der Waals surface area contributed by atoms with Gasteiger partial charge in [0.05, 0.1) is 22.0 Å². The lowest BCUT2D eigenvalue weighted by atomic mass is 10.2. The second-order valence-electron chi connectivity index (χ2n) is 4.43. The summed E-state index contributed by atoms with van der Waals surface area (Å²) < 4.78 is 1.87. The number of nitrogens with one attached hydrogen (secondary N) is 1. The number of aryl methyl sites for hydroxylation is 1. The first-order valence-electron chi connectivity index (χ1n) is 6.31. The Kier molecular flexibility index (Phi) is 4.42. The number of halogens is 2. The Bertz CT molecular complexity index is 824. The van der Waals surface area contributed by atoms with Crippen LogP contribution in [0.3, 0.4) is 0 Å². The Morgan fingerprint density at radius 1 is 1.32 bits per heavy atom. The molecule has 5 nitrogen and oxygen atoms in total. The molecular formula is C14H11Cl2N5S. The molecule has 112 valence electrons. The lowest BCUT2D eigenvalue weighted by Crippen LogP contribution is -1.97. The SMILES string of the molecule is Cn1ccnc1C=NNc1nc(-c2ccc(Cl)c(Cl)c2)cs1. The number of nitrogens with zero attached hydrogens (tertiary/aromatic N) is 4. The van der Waals surface area contributed by atoms with Crippen LogP contribution in [0.4, 0.5) is 5.13 Å². The first-order chi connectivity index (χ1) is 10.6. The summed E-state index contributed by atoms with van der Waals surface area (Å²) in [5, 5.41) is 7.78. The number of rotatable bonds is 4. The molecule has 0 amide bonds. The second-order valence-corrected chi connectivity index (χ2v) is 6.11. The van der Waals surface area contributed by atoms with Crippen LogP contribution in [0, 0.1) is 0 Å². The molecule has 22 heavy (non-hydrogen) atoms. The summed E-state index contributed by atoms with van der Waals surface area (Å²) >= 11 is 13.4. The predicted octanol–water partition coefficient (Wildman–Crippen LogP) is 4.30. The van der Waals surface area contributed by atoms with Gasteiger partial charge in [0.1, 0.15) is 0 Å². The average Bonchev–Trinajstić information content (AvgIpc) is 3.12. The van der Waals surface area contributed by atoms with Crippen molar-refractivity contribution in [1.29, 1.82) is 0 Å². The standard InChI is InChI=1S/C14H11Cl2N5S/c1-21-5-4-17-13(21)7-18-20-14-19-12(8-22-14)9-2-3-10(15)11(16)6-9/h2-8H,1H3,(H,19,20). The monoisotopic (exact) mass is 351 g/mol. The number of hydrogen-bond donors (Lipinski definition) is 1. The van der Waals surface area contributed by atoms with E-state index in [4.69, 9.17) is 23.2 Å². The fourth-order valence-electron chi connectivity index (χ4n) is 1.76. The van der Waals surface area contributed by atoms with Gasteiger partial charge in [-0.1, -0.05) is 29.3 Å². The van der Waals surface area contributed by atoms with Crippen molar-refractivity contribution >= 4 is 45.9 Å². The van der Waals surface area contributed by atoms with E-state index in [0.717, 1.165) is 17.1 Å². The molecule has 1 aromatic carbocycles. The van der Waals surface area contributed by atoms with E-state index in [1.807, 2.05) is 29.3 Å². The van der Waals surface area contributed by atoms with Crippen molar-refractivity contribution in [2.24, 2.45) is 12.1 Å². The maximum atomic E-state index is 6.02. The highest BCUT2D eigenvalue weighted by molar-refractivity contribution is 7.14. The summed E-state index contributed by atoms with van der Waals surface area (Å²) in [5.41, 5.74) is 4.62. The number of thiazole rings is 1. The highest BCUT2D eigenvalue weighted by atomic mass is 35.5. The quantitative estimate of drug-likeness (QED) is 0.563. The van der Waals surface area contributed by atoms with Gasteiger partial charge in [-0.25, -0.2) is 9.97 Å². The molecule has 0 spiro atoms. The van der Waals surface area contributed by atoms with Crippen LogP contribution in [0.25, 0.3) is 11.3 Å². The Morgan fingerprint density at radius 3 is 2.91 bits per heavy atom. The van der Waals surface area contributed by atoms with Crippen LogP contribution in [-0.2, 0) is 7.05 Å². The van der Waals surface area contributed by atoms with Gasteiger partial charge in [0.15, 0.2) is 5.82 Å². The van der Waals surface area contributed by atoms with Crippen LogP contribution in [-0.4, -0.2) is 20.7 Å². The molecule has 8 heteroatoms. The van der Waals surface area contributed by atoms with Crippen molar-refractivity contribution in [2.45, 2.75) is 0 Å². The number of aromatic nitrogens is 3. The summed E-state index contributed by atoms with van der Waals surface area (Å²) in [6.45, 7) is 0. The third-order valence-corrected chi connectivity index (χ3v) is 4.40. The van der Waals surface area contributed by atoms with Gasteiger partial charge in [-0.05, 0) is 12.1 Å². The number of hydrogen-bond acceptors (Lipinski definition) is 5. The van der Waals surface area contributed by atoms with E-state index >= 15 is 0 Å². The molecule has 0 bridgehead atoms. The third kappa shape index (κ3) is 3.30. The van der Waals surface area contributed by atoms with Gasteiger partial charge in [-0.2, -0.15) is 5.10 Å². The van der Waals surface area contributed by atoms with Crippen LogP contribution < -0.4 is 5.43 Å². The predicted molar refractivity (Wildman–Crippen MR) is 92.0 cm³/mol. The van der Waals surface area contributed by atoms with Gasteiger partial charge < -0.3 is 4.57 Å². The molecular weight excluding hydrogens is 341 g/mol. The molecule has 3 aromatic rings. The largest absolute Gasteiger partial charge is 0.333 e. The minimum absolute atomic E-state index is 0.509. The van der Waals surface area contributed by atoms with E-state index in [2.05, 4.69) is 20.5 Å². The molecule has 0 fully saturated rings. The fraction of sp³-hybridized carbons (Fsp3) is 0.0714. The van der Waals surface area contributed by atoms with Crippen molar-refractivity contribution < 1.29 is 0 Å². The van der Waals surface area contributed by atoms with E-state index in [1.54, 1.807) is 24.5 Å². The van der Waals surface area contributed by atoms with Crippen LogP contribution in [0.15, 0.2) is 41.1 Å². The summed E-state index contributed by atoms with van der Waals surface area (Å²) in [7, 11) is 1.90. The summed E-state index contributed by atoms with van der Waals surface area (Å²) in [6, 6.07) is 5.43. The van der Waals surface area contributed by atoms with Crippen molar-refractivity contribution in [2.75, 3.05) is 5.43 Å². The highest BCUT2D eigenvalue weighted by Crippen LogP contribution is 2.30. The molecule has 2 aromatic heterocycles. The second kappa shape index (κ2) is 6.48. The van der Waals surface area contributed by atoms with Gasteiger partial charge in [0, 0.05) is 30.4 Å². The Morgan fingerprint density at radius 2 is 2.18 bits per heavy atom. The van der Waals surface area contributed by atoms with E-state index in [1.165, 1.54) is 11.3 Å². The van der Waals surface area contributed by atoms with Crippen LogP contribution >= 0.6 is 34.5 Å². The smallest absolute Gasteiger partial charge is 0.203 e. The van der Waals surface area contributed by atoms with E-state index in [9.17, 15) is 0 Å². The Labute approximate surface area is 141 Å². The lowest BCUT2D eigenvalue weighted by Gasteiger charge is -1.99. The average molecular weight is 352 g/mol. The zero-order chi connectivity index (χ0) is 15.5. The fourth-order valence-corrected chi connectivity index (χ4v) is 2.73. The van der Waals surface area contributed by atoms with Crippen molar-refractivity contribution in [3.05, 3.63) is 51.8 Å². The van der Waals surface area contributed by atoms with Crippen LogP contribution in [0.1, 0.15) is 5.82 Å². The third-order valence-electron chi connectivity index (χ3n) is 2.92. The van der Waals surface area contributed by atoms with Gasteiger partial charge >= 0.3 is 0 Å². The first-order valence-corrected chi connectivity index (χ1v) is 7.94. The zero-order valence-electron chi connectivity index (χ0n) is 11.5. The summed E-state index contributed by atoms with van der Waals surface area (Å²) in [4.78, 5) is 8.60. The topological polar surface area (TPSA) is 55.1 Å². The van der Waals surface area contributed by atoms with Gasteiger partial charge in [-0.15, -0.1) is 11.3 Å².